The van der Waals surface area contributed by atoms with Gasteiger partial charge in [0.25, 0.3) is 0 Å². The topological polar surface area (TPSA) is 87.6 Å². The number of ether oxygens (including phenoxy) is 2. The molecule has 1 aromatic carbocycles. The number of nitrogens with zero attached hydrogens (tertiary/aromatic N) is 1. The Bertz CT molecular complexity index is 407. The van der Waals surface area contributed by atoms with Gasteiger partial charge < -0.3 is 15.2 Å². The Hall–Kier alpha value is -1.82. The molecule has 0 aliphatic heterocycles. The van der Waals surface area contributed by atoms with E-state index in [1.165, 1.54) is 20.3 Å². The average molecular weight is 240 g/mol. The second kappa shape index (κ2) is 6.05. The molecule has 0 spiro atoms. The van der Waals surface area contributed by atoms with Crippen LogP contribution in [0.1, 0.15) is 12.0 Å². The molecule has 2 N–H and O–H groups in total. The van der Waals surface area contributed by atoms with Gasteiger partial charge in [0, 0.05) is 5.56 Å². The van der Waals surface area contributed by atoms with E-state index in [1.807, 2.05) is 0 Å². The van der Waals surface area contributed by atoms with E-state index < -0.39 is 4.92 Å². The standard InChI is InChI=1S/C11H16N2O4/c1-16-9-6-8(4-3-5-12)11(17-2)10(7-9)13(14)15/h6-7H,3-5,12H2,1-2H3. The van der Waals surface area contributed by atoms with E-state index in [4.69, 9.17) is 15.2 Å². The molecular weight excluding hydrogens is 224 g/mol. The smallest absolute Gasteiger partial charge is 0.314 e. The Labute approximate surface area is 99.5 Å². The van der Waals surface area contributed by atoms with Gasteiger partial charge >= 0.3 is 5.69 Å². The molecule has 0 amide bonds. The lowest BCUT2D eigenvalue weighted by molar-refractivity contribution is -0.385. The monoisotopic (exact) mass is 240 g/mol. The van der Waals surface area contributed by atoms with Gasteiger partial charge in [0.05, 0.1) is 25.2 Å². The van der Waals surface area contributed by atoms with Crippen LogP contribution in [-0.2, 0) is 6.42 Å². The molecule has 94 valence electrons. The summed E-state index contributed by atoms with van der Waals surface area (Å²) in [4.78, 5) is 10.4. The maximum Gasteiger partial charge on any atom is 0.314 e. The molecule has 0 aliphatic carbocycles. The zero-order valence-corrected chi connectivity index (χ0v) is 9.93. The number of nitrogens with two attached hydrogens (primary N) is 1. The Balaban J connectivity index is 3.23. The molecule has 1 aromatic rings. The van der Waals surface area contributed by atoms with Crippen molar-refractivity contribution in [1.29, 1.82) is 0 Å². The van der Waals surface area contributed by atoms with Gasteiger partial charge in [-0.2, -0.15) is 0 Å². The number of benzene rings is 1. The van der Waals surface area contributed by atoms with Crippen molar-refractivity contribution in [3.8, 4) is 11.5 Å². The van der Waals surface area contributed by atoms with Crippen LogP contribution >= 0.6 is 0 Å². The first-order valence-corrected chi connectivity index (χ1v) is 5.23. The van der Waals surface area contributed by atoms with Gasteiger partial charge in [0.1, 0.15) is 5.75 Å². The van der Waals surface area contributed by atoms with Crippen LogP contribution in [0.2, 0.25) is 0 Å². The molecule has 0 fully saturated rings. The predicted octanol–water partition coefficient (Wildman–Crippen LogP) is 1.50. The summed E-state index contributed by atoms with van der Waals surface area (Å²) in [5.41, 5.74) is 6.09. The fraction of sp³-hybridized carbons (Fsp3) is 0.455. The van der Waals surface area contributed by atoms with Crippen molar-refractivity contribution in [2.75, 3.05) is 20.8 Å². The first-order valence-electron chi connectivity index (χ1n) is 5.23. The maximum atomic E-state index is 10.9. The third kappa shape index (κ3) is 3.07. The third-order valence-corrected chi connectivity index (χ3v) is 2.41. The lowest BCUT2D eigenvalue weighted by Crippen LogP contribution is -2.04. The zero-order valence-electron chi connectivity index (χ0n) is 9.93. The van der Waals surface area contributed by atoms with E-state index in [0.29, 0.717) is 18.7 Å². The highest BCUT2D eigenvalue weighted by atomic mass is 16.6. The van der Waals surface area contributed by atoms with Gasteiger partial charge in [0.15, 0.2) is 5.75 Å². The van der Waals surface area contributed by atoms with E-state index in [1.54, 1.807) is 6.07 Å². The zero-order chi connectivity index (χ0) is 12.8. The van der Waals surface area contributed by atoms with Gasteiger partial charge in [-0.1, -0.05) is 0 Å². The Morgan fingerprint density at radius 1 is 1.35 bits per heavy atom. The van der Waals surface area contributed by atoms with Crippen LogP contribution in [0.5, 0.6) is 11.5 Å². The van der Waals surface area contributed by atoms with Crippen molar-refractivity contribution < 1.29 is 14.4 Å². The van der Waals surface area contributed by atoms with Crippen LogP contribution in [-0.4, -0.2) is 25.7 Å². The molecule has 0 aromatic heterocycles. The van der Waals surface area contributed by atoms with Gasteiger partial charge in [0.2, 0.25) is 0 Å². The minimum atomic E-state index is -0.479. The van der Waals surface area contributed by atoms with E-state index in [2.05, 4.69) is 0 Å². The molecule has 0 heterocycles. The van der Waals surface area contributed by atoms with Gasteiger partial charge in [-0.25, -0.2) is 0 Å². The highest BCUT2D eigenvalue weighted by Gasteiger charge is 2.20. The van der Waals surface area contributed by atoms with E-state index in [9.17, 15) is 10.1 Å². The molecule has 0 saturated heterocycles. The molecule has 6 nitrogen and oxygen atoms in total. The van der Waals surface area contributed by atoms with Gasteiger partial charge in [-0.3, -0.25) is 10.1 Å². The summed E-state index contributed by atoms with van der Waals surface area (Å²) in [6.07, 6.45) is 1.36. The fourth-order valence-corrected chi connectivity index (χ4v) is 1.61. The molecule has 0 aliphatic rings. The van der Waals surface area contributed by atoms with Crippen molar-refractivity contribution in [3.63, 3.8) is 0 Å². The molecule has 0 atom stereocenters. The lowest BCUT2D eigenvalue weighted by atomic mass is 10.1. The minimum absolute atomic E-state index is 0.0844. The summed E-state index contributed by atoms with van der Waals surface area (Å²) in [7, 11) is 2.89. The summed E-state index contributed by atoms with van der Waals surface area (Å²) in [5, 5.41) is 10.9. The number of nitro benzene ring substituents is 1. The van der Waals surface area contributed by atoms with Crippen LogP contribution in [0.3, 0.4) is 0 Å². The van der Waals surface area contributed by atoms with Crippen LogP contribution < -0.4 is 15.2 Å². The summed E-state index contributed by atoms with van der Waals surface area (Å²) in [5.74, 6) is 0.730. The lowest BCUT2D eigenvalue weighted by Gasteiger charge is -2.10. The van der Waals surface area contributed by atoms with Gasteiger partial charge in [-0.05, 0) is 25.5 Å². The summed E-state index contributed by atoms with van der Waals surface area (Å²) in [6.45, 7) is 0.522. The molecular formula is C11H16N2O4. The molecule has 0 radical (unpaired) electrons. The van der Waals surface area contributed by atoms with Crippen LogP contribution in [0.25, 0.3) is 0 Å². The van der Waals surface area contributed by atoms with Crippen molar-refractivity contribution in [2.24, 2.45) is 5.73 Å². The van der Waals surface area contributed by atoms with Crippen LogP contribution in [0, 0.1) is 10.1 Å². The van der Waals surface area contributed by atoms with Crippen LogP contribution in [0.4, 0.5) is 5.69 Å². The SMILES string of the molecule is COc1cc(CCCN)c(OC)c([N+](=O)[O-])c1. The summed E-state index contributed by atoms with van der Waals surface area (Å²) >= 11 is 0. The second-order valence-corrected chi connectivity index (χ2v) is 3.49. The highest BCUT2D eigenvalue weighted by Crippen LogP contribution is 2.35. The normalized spacial score (nSPS) is 10.1. The van der Waals surface area contributed by atoms with E-state index in [-0.39, 0.29) is 11.4 Å². The predicted molar refractivity (Wildman–Crippen MR) is 63.6 cm³/mol. The van der Waals surface area contributed by atoms with Crippen molar-refractivity contribution >= 4 is 5.69 Å². The third-order valence-electron chi connectivity index (χ3n) is 2.41. The first-order chi connectivity index (χ1) is 8.13. The van der Waals surface area contributed by atoms with Crippen LogP contribution in [0.15, 0.2) is 12.1 Å². The molecule has 0 bridgehead atoms. The minimum Gasteiger partial charge on any atom is -0.496 e. The number of methoxy groups -OCH3 is 2. The largest absolute Gasteiger partial charge is 0.496 e. The van der Waals surface area contributed by atoms with Crippen molar-refractivity contribution in [2.45, 2.75) is 12.8 Å². The number of nitro groups is 1. The Morgan fingerprint density at radius 2 is 2.06 bits per heavy atom. The van der Waals surface area contributed by atoms with Crippen molar-refractivity contribution in [1.82, 2.24) is 0 Å². The molecule has 0 saturated carbocycles. The number of aryl methyl sites for hydroxylation is 1. The average Bonchev–Trinajstić information content (AvgIpc) is 2.34. The summed E-state index contributed by atoms with van der Waals surface area (Å²) < 4.78 is 10.1. The number of hydrogen-bond acceptors (Lipinski definition) is 5. The second-order valence-electron chi connectivity index (χ2n) is 3.49. The number of rotatable bonds is 6. The van der Waals surface area contributed by atoms with E-state index in [0.717, 1.165) is 12.0 Å². The quantitative estimate of drug-likeness (QED) is 0.601. The van der Waals surface area contributed by atoms with E-state index >= 15 is 0 Å². The Morgan fingerprint density at radius 3 is 2.53 bits per heavy atom. The molecule has 0 unspecified atom stereocenters. The highest BCUT2D eigenvalue weighted by molar-refractivity contribution is 5.56. The molecule has 17 heavy (non-hydrogen) atoms. The first kappa shape index (κ1) is 13.2. The maximum absolute atomic E-state index is 10.9. The molecule has 1 rings (SSSR count). The summed E-state index contributed by atoms with van der Waals surface area (Å²) in [6, 6.07) is 3.09. The molecule has 6 heteroatoms. The van der Waals surface area contributed by atoms with Crippen molar-refractivity contribution in [3.05, 3.63) is 27.8 Å². The Kier molecular flexibility index (Phi) is 4.71. The fourth-order valence-electron chi connectivity index (χ4n) is 1.61. The number of hydrogen-bond donors (Lipinski definition) is 1. The van der Waals surface area contributed by atoms with Gasteiger partial charge in [-0.15, -0.1) is 0 Å².